The molecule has 13 heteroatoms. The maximum atomic E-state index is 14.1. The predicted octanol–water partition coefficient (Wildman–Crippen LogP) is 1.33. The van der Waals surface area contributed by atoms with Crippen molar-refractivity contribution in [1.29, 1.82) is 0 Å². The van der Waals surface area contributed by atoms with Crippen molar-refractivity contribution in [2.75, 3.05) is 53.5 Å². The van der Waals surface area contributed by atoms with Crippen LogP contribution in [0.15, 0.2) is 53.3 Å². The molecule has 2 aromatic carbocycles. The number of ether oxygens (including phenoxy) is 1. The molecule has 2 amide bonds. The van der Waals surface area contributed by atoms with Crippen molar-refractivity contribution < 1.29 is 44.3 Å². The van der Waals surface area contributed by atoms with Gasteiger partial charge >= 0.3 is 0 Å². The van der Waals surface area contributed by atoms with E-state index in [2.05, 4.69) is 10.2 Å². The van der Waals surface area contributed by atoms with Gasteiger partial charge in [-0.3, -0.25) is 29.0 Å². The van der Waals surface area contributed by atoms with Gasteiger partial charge in [-0.1, -0.05) is 25.6 Å². The van der Waals surface area contributed by atoms with E-state index >= 15 is 0 Å². The summed E-state index contributed by atoms with van der Waals surface area (Å²) in [5.41, 5.74) is 3.77. The number of carbonyl (C=O) groups excluding carboxylic acids is 4. The van der Waals surface area contributed by atoms with Crippen LogP contribution >= 0.6 is 0 Å². The highest BCUT2D eigenvalue weighted by molar-refractivity contribution is 6.24. The molecule has 0 bridgehead atoms. The summed E-state index contributed by atoms with van der Waals surface area (Å²) in [7, 11) is 3.10. The highest BCUT2D eigenvalue weighted by Crippen LogP contribution is 2.53. The molecular formula is C35H42N4O9. The average molecular weight is 663 g/mol. The summed E-state index contributed by atoms with van der Waals surface area (Å²) in [5, 5.41) is 48.3. The monoisotopic (exact) mass is 662 g/mol. The molecule has 48 heavy (non-hydrogen) atoms. The van der Waals surface area contributed by atoms with Crippen LogP contribution in [0.1, 0.15) is 35.3 Å². The first-order valence-corrected chi connectivity index (χ1v) is 15.5. The number of nitrogens with one attached hydrogen (secondary N) is 1. The number of fused-ring (bicyclic) bond motifs is 3. The van der Waals surface area contributed by atoms with Gasteiger partial charge in [0.2, 0.25) is 5.78 Å². The number of ketones is 2. The number of rotatable bonds is 7. The lowest BCUT2D eigenvalue weighted by molar-refractivity contribution is -0.153. The van der Waals surface area contributed by atoms with Gasteiger partial charge in [0.1, 0.15) is 22.8 Å². The fourth-order valence-corrected chi connectivity index (χ4v) is 7.60. The van der Waals surface area contributed by atoms with Crippen molar-refractivity contribution in [3.05, 3.63) is 70.0 Å². The van der Waals surface area contributed by atoms with Crippen LogP contribution in [0.4, 0.5) is 0 Å². The second kappa shape index (κ2) is 13.2. The van der Waals surface area contributed by atoms with Crippen molar-refractivity contribution >= 4 is 29.1 Å². The van der Waals surface area contributed by atoms with Crippen LogP contribution in [-0.4, -0.2) is 119 Å². The molecule has 1 saturated heterocycles. The van der Waals surface area contributed by atoms with Crippen LogP contribution in [0.25, 0.3) is 16.9 Å². The largest absolute Gasteiger partial charge is 0.508 e. The first-order chi connectivity index (χ1) is 22.4. The van der Waals surface area contributed by atoms with Crippen LogP contribution in [0, 0.1) is 11.8 Å². The Morgan fingerprint density at radius 1 is 1.10 bits per heavy atom. The minimum absolute atomic E-state index is 0. The normalized spacial score (nSPS) is 25.6. The zero-order valence-corrected chi connectivity index (χ0v) is 26.2. The maximum Gasteiger partial charge on any atom is 0.255 e. The number of phenols is 1. The predicted molar refractivity (Wildman–Crippen MR) is 176 cm³/mol. The lowest BCUT2D eigenvalue weighted by atomic mass is 9.57. The van der Waals surface area contributed by atoms with Crippen LogP contribution < -0.4 is 11.1 Å². The van der Waals surface area contributed by atoms with E-state index < -0.39 is 58.0 Å². The van der Waals surface area contributed by atoms with Gasteiger partial charge in [-0.2, -0.15) is 0 Å². The second-order valence-electron chi connectivity index (χ2n) is 12.7. The number of likely N-dealkylation sites (N-methyl/N-ethyl adjacent to an activating group) is 1. The number of nitrogens with zero attached hydrogens (tertiary/aromatic N) is 2. The lowest BCUT2D eigenvalue weighted by Crippen LogP contribution is -2.65. The molecule has 256 valence electrons. The zero-order valence-electron chi connectivity index (χ0n) is 26.2. The lowest BCUT2D eigenvalue weighted by Gasteiger charge is -2.50. The maximum absolute atomic E-state index is 14.1. The number of amides is 2. The quantitative estimate of drug-likeness (QED) is 0.234. The van der Waals surface area contributed by atoms with Gasteiger partial charge in [0.25, 0.3) is 11.8 Å². The fraction of sp³-hybridized carbons (Fsp3) is 0.429. The number of benzene rings is 2. The zero-order chi connectivity index (χ0) is 33.8. The van der Waals surface area contributed by atoms with Crippen LogP contribution in [0.2, 0.25) is 0 Å². The van der Waals surface area contributed by atoms with Gasteiger partial charge in [-0.15, -0.1) is 0 Å². The third kappa shape index (κ3) is 5.56. The summed E-state index contributed by atoms with van der Waals surface area (Å²) in [5.74, 6) is -7.33. The van der Waals surface area contributed by atoms with Crippen molar-refractivity contribution in [1.82, 2.24) is 15.1 Å². The SMILES string of the molecule is C.CN(C)[C@@H]1C(=O)C(C(N)=O)=C(O)[C@@]2(O)C(=O)C3=C(O)c4c(O)ccc(-c5cccc(C(=O)NCCN6CCOCC6)c5)c4CC3CC12. The Bertz CT molecular complexity index is 1740. The molecule has 7 N–H and O–H groups in total. The van der Waals surface area contributed by atoms with E-state index in [1.165, 1.54) is 11.0 Å². The molecule has 1 saturated carbocycles. The standard InChI is InChI=1S/C34H38N4O9.CH4/c1-37(2)27-22-16-19-15-21-20(17-4-3-5-18(14-17)33(45)36-8-9-38-10-12-47-13-11-38)6-7-23(39)25(21)28(40)24(19)30(42)34(22,46)31(43)26(29(27)41)32(35)44;/h3-7,14,19,22,27,39-40,43,46H,8-13,15-16H2,1-2H3,(H2,35,44)(H,36,45);1H4/t19?,22?,27-,34-;/m0./s1. The number of nitrogens with two attached hydrogens (primary N) is 1. The number of aromatic hydroxyl groups is 1. The van der Waals surface area contributed by atoms with Crippen molar-refractivity contribution in [2.45, 2.75) is 31.9 Å². The van der Waals surface area contributed by atoms with Gasteiger partial charge in [0.05, 0.1) is 24.8 Å². The van der Waals surface area contributed by atoms with Crippen LogP contribution in [-0.2, 0) is 25.5 Å². The van der Waals surface area contributed by atoms with Crippen LogP contribution in [0.3, 0.4) is 0 Å². The molecule has 0 aromatic heterocycles. The first-order valence-electron chi connectivity index (χ1n) is 15.5. The Balaban J connectivity index is 0.00000451. The Morgan fingerprint density at radius 2 is 1.81 bits per heavy atom. The van der Waals surface area contributed by atoms with E-state index in [0.717, 1.165) is 13.1 Å². The van der Waals surface area contributed by atoms with E-state index in [1.54, 1.807) is 44.4 Å². The summed E-state index contributed by atoms with van der Waals surface area (Å²) < 4.78 is 5.37. The molecule has 4 atom stereocenters. The Labute approximate surface area is 278 Å². The molecule has 4 aliphatic rings. The number of aliphatic hydroxyl groups excluding tert-OH is 2. The van der Waals surface area contributed by atoms with Gasteiger partial charge in [-0.25, -0.2) is 0 Å². The molecule has 2 fully saturated rings. The smallest absolute Gasteiger partial charge is 0.255 e. The van der Waals surface area contributed by atoms with Gasteiger partial charge < -0.3 is 36.2 Å². The summed E-state index contributed by atoms with van der Waals surface area (Å²) in [6.07, 6.45) is 0.112. The Morgan fingerprint density at radius 3 is 2.48 bits per heavy atom. The summed E-state index contributed by atoms with van der Waals surface area (Å²) >= 11 is 0. The molecule has 1 heterocycles. The van der Waals surface area contributed by atoms with E-state index in [1.807, 2.05) is 0 Å². The van der Waals surface area contributed by atoms with Crippen LogP contribution in [0.5, 0.6) is 5.75 Å². The van der Waals surface area contributed by atoms with E-state index in [-0.39, 0.29) is 43.1 Å². The Hall–Kier alpha value is -4.56. The number of carbonyl (C=O) groups is 4. The molecule has 0 spiro atoms. The number of Topliss-reactive ketones (excluding diaryl/α,β-unsaturated/α-hetero) is 2. The van der Waals surface area contributed by atoms with E-state index in [4.69, 9.17) is 10.5 Å². The third-order valence-electron chi connectivity index (χ3n) is 9.86. The molecular weight excluding hydrogens is 620 g/mol. The van der Waals surface area contributed by atoms with E-state index in [9.17, 15) is 39.6 Å². The molecule has 2 unspecified atom stereocenters. The topological polar surface area (TPSA) is 203 Å². The van der Waals surface area contributed by atoms with E-state index in [0.29, 0.717) is 48.6 Å². The molecule has 6 rings (SSSR count). The van der Waals surface area contributed by atoms with Crippen molar-refractivity contribution in [2.24, 2.45) is 17.6 Å². The minimum atomic E-state index is -2.71. The fourth-order valence-electron chi connectivity index (χ4n) is 7.60. The molecule has 3 aliphatic carbocycles. The number of primary amides is 1. The highest BCUT2D eigenvalue weighted by atomic mass is 16.5. The molecule has 13 nitrogen and oxygen atoms in total. The van der Waals surface area contributed by atoms with Crippen molar-refractivity contribution in [3.63, 3.8) is 0 Å². The van der Waals surface area contributed by atoms with Gasteiger partial charge in [-0.05, 0) is 67.7 Å². The van der Waals surface area contributed by atoms with Crippen molar-refractivity contribution in [3.8, 4) is 16.9 Å². The molecule has 0 radical (unpaired) electrons. The minimum Gasteiger partial charge on any atom is -0.508 e. The van der Waals surface area contributed by atoms with Gasteiger partial charge in [0, 0.05) is 43.2 Å². The summed E-state index contributed by atoms with van der Waals surface area (Å²) in [4.78, 5) is 56.4. The number of morpholine rings is 1. The molecule has 2 aromatic rings. The third-order valence-corrected chi connectivity index (χ3v) is 9.86. The Kier molecular flexibility index (Phi) is 9.53. The second-order valence-corrected chi connectivity index (χ2v) is 12.7. The number of hydrogen-bond acceptors (Lipinski definition) is 11. The van der Waals surface area contributed by atoms with Gasteiger partial charge in [0.15, 0.2) is 11.4 Å². The first kappa shape index (κ1) is 34.8. The summed E-state index contributed by atoms with van der Waals surface area (Å²) in [6.45, 7) is 4.11. The molecule has 1 aliphatic heterocycles. The number of aliphatic hydroxyl groups is 3. The number of hydrogen-bond donors (Lipinski definition) is 6. The average Bonchev–Trinajstić information content (AvgIpc) is 3.03. The highest BCUT2D eigenvalue weighted by Gasteiger charge is 2.64. The number of phenolic OH excluding ortho intramolecular Hbond substituents is 1. The summed E-state index contributed by atoms with van der Waals surface area (Å²) in [6, 6.07) is 8.81.